The molecular weight excluding hydrogens is 301 g/mol. The molecule has 6 nitrogen and oxygen atoms in total. The molecule has 0 radical (unpaired) electrons. The number of piperazine rings is 1. The third-order valence-electron chi connectivity index (χ3n) is 2.52. The molecule has 118 valence electrons. The molecule has 1 aliphatic heterocycles. The topological polar surface area (TPSA) is 66.9 Å². The molecule has 1 heterocycles. The van der Waals surface area contributed by atoms with Gasteiger partial charge in [-0.25, -0.2) is 13.2 Å². The van der Waals surface area contributed by atoms with Crippen molar-refractivity contribution in [2.45, 2.75) is 31.9 Å². The van der Waals surface area contributed by atoms with Crippen molar-refractivity contribution in [1.82, 2.24) is 9.21 Å². The number of carbonyl (C=O) groups excluding carboxylic acids is 1. The van der Waals surface area contributed by atoms with E-state index >= 15 is 0 Å². The summed E-state index contributed by atoms with van der Waals surface area (Å²) in [6.07, 6.45) is -0.665. The van der Waals surface area contributed by atoms with Crippen molar-refractivity contribution in [3.05, 3.63) is 0 Å². The summed E-state index contributed by atoms with van der Waals surface area (Å²) in [6, 6.07) is 0. The highest BCUT2D eigenvalue weighted by Crippen LogP contribution is 2.27. The largest absolute Gasteiger partial charge is 0.511 e. The van der Waals surface area contributed by atoms with Crippen molar-refractivity contribution >= 4 is 16.1 Å². The van der Waals surface area contributed by atoms with Crippen molar-refractivity contribution in [3.8, 4) is 0 Å². The molecule has 1 fully saturated rings. The zero-order valence-electron chi connectivity index (χ0n) is 11.4. The fourth-order valence-corrected chi connectivity index (χ4v) is 2.52. The van der Waals surface area contributed by atoms with Gasteiger partial charge in [0, 0.05) is 26.2 Å². The lowest BCUT2D eigenvalue weighted by Crippen LogP contribution is -2.54. The number of hydrogen-bond acceptors (Lipinski definition) is 4. The van der Waals surface area contributed by atoms with Gasteiger partial charge in [-0.05, 0) is 20.8 Å². The van der Waals surface area contributed by atoms with E-state index in [1.807, 2.05) is 0 Å². The lowest BCUT2D eigenvalue weighted by Gasteiger charge is -2.35. The number of rotatable bonds is 1. The third-order valence-corrected chi connectivity index (χ3v) is 4.15. The Morgan fingerprint density at radius 3 is 1.85 bits per heavy atom. The smallest absolute Gasteiger partial charge is 0.444 e. The van der Waals surface area contributed by atoms with Crippen LogP contribution in [0.1, 0.15) is 20.8 Å². The van der Waals surface area contributed by atoms with Crippen molar-refractivity contribution in [2.24, 2.45) is 0 Å². The standard InChI is InChI=1S/C10H17F3N2O4S/c1-9(2,3)19-8(16)14-4-6-15(7-5-14)20(17,18)10(11,12)13/h4-7H2,1-3H3. The lowest BCUT2D eigenvalue weighted by molar-refractivity contribution is -0.0500. The van der Waals surface area contributed by atoms with E-state index in [1.54, 1.807) is 20.8 Å². The van der Waals surface area contributed by atoms with Crippen molar-refractivity contribution in [3.63, 3.8) is 0 Å². The molecule has 20 heavy (non-hydrogen) atoms. The van der Waals surface area contributed by atoms with Gasteiger partial charge in [-0.1, -0.05) is 0 Å². The van der Waals surface area contributed by atoms with Gasteiger partial charge in [0.2, 0.25) is 0 Å². The van der Waals surface area contributed by atoms with Gasteiger partial charge in [0.05, 0.1) is 0 Å². The predicted molar refractivity (Wildman–Crippen MR) is 64.4 cm³/mol. The van der Waals surface area contributed by atoms with Crippen LogP contribution in [0.4, 0.5) is 18.0 Å². The van der Waals surface area contributed by atoms with E-state index in [-0.39, 0.29) is 13.1 Å². The number of carbonyl (C=O) groups is 1. The van der Waals surface area contributed by atoms with E-state index < -0.39 is 40.3 Å². The van der Waals surface area contributed by atoms with E-state index in [1.165, 1.54) is 4.90 Å². The van der Waals surface area contributed by atoms with E-state index in [9.17, 15) is 26.4 Å². The Morgan fingerprint density at radius 2 is 1.50 bits per heavy atom. The van der Waals surface area contributed by atoms with Crippen molar-refractivity contribution in [2.75, 3.05) is 26.2 Å². The monoisotopic (exact) mass is 318 g/mol. The molecule has 0 N–H and O–H groups in total. The number of amides is 1. The van der Waals surface area contributed by atoms with Crippen molar-refractivity contribution < 1.29 is 31.1 Å². The van der Waals surface area contributed by atoms with Crippen LogP contribution >= 0.6 is 0 Å². The van der Waals surface area contributed by atoms with Crippen LogP contribution in [0.3, 0.4) is 0 Å². The molecule has 0 aliphatic carbocycles. The lowest BCUT2D eigenvalue weighted by atomic mass is 10.2. The minimum atomic E-state index is -5.33. The molecule has 1 rings (SSSR count). The summed E-state index contributed by atoms with van der Waals surface area (Å²) in [5.41, 5.74) is -6.03. The summed E-state index contributed by atoms with van der Waals surface area (Å²) in [5.74, 6) is 0. The normalized spacial score (nSPS) is 19.0. The number of halogens is 3. The highest BCUT2D eigenvalue weighted by atomic mass is 32.2. The van der Waals surface area contributed by atoms with Gasteiger partial charge < -0.3 is 9.64 Å². The molecule has 1 saturated heterocycles. The minimum Gasteiger partial charge on any atom is -0.444 e. The van der Waals surface area contributed by atoms with Crippen LogP contribution in [0.25, 0.3) is 0 Å². The molecule has 10 heteroatoms. The summed E-state index contributed by atoms with van der Waals surface area (Å²) in [7, 11) is -5.33. The molecule has 1 aliphatic rings. The summed E-state index contributed by atoms with van der Waals surface area (Å²) in [4.78, 5) is 12.9. The maximum absolute atomic E-state index is 12.4. The highest BCUT2D eigenvalue weighted by Gasteiger charge is 2.50. The van der Waals surface area contributed by atoms with Gasteiger partial charge in [0.15, 0.2) is 0 Å². The number of nitrogens with zero attached hydrogens (tertiary/aromatic N) is 2. The molecule has 0 aromatic rings. The van der Waals surface area contributed by atoms with Gasteiger partial charge in [-0.2, -0.15) is 17.5 Å². The molecule has 0 saturated carbocycles. The van der Waals surface area contributed by atoms with Crippen LogP contribution in [0, 0.1) is 0 Å². The minimum absolute atomic E-state index is 0.135. The van der Waals surface area contributed by atoms with Crippen LogP contribution in [-0.4, -0.2) is 61.0 Å². The predicted octanol–water partition coefficient (Wildman–Crippen LogP) is 1.39. The summed E-state index contributed by atoms with van der Waals surface area (Å²) >= 11 is 0. The Balaban J connectivity index is 2.63. The Kier molecular flexibility index (Phi) is 4.59. The summed E-state index contributed by atoms with van der Waals surface area (Å²) in [6.45, 7) is 3.91. The van der Waals surface area contributed by atoms with Crippen LogP contribution in [0.5, 0.6) is 0 Å². The van der Waals surface area contributed by atoms with E-state index in [4.69, 9.17) is 4.74 Å². The SMILES string of the molecule is CC(C)(C)OC(=O)N1CCN(S(=O)(=O)C(F)(F)F)CC1. The number of alkyl halides is 3. The first-order valence-corrected chi connectivity index (χ1v) is 7.33. The Hall–Kier alpha value is -1.03. The van der Waals surface area contributed by atoms with Gasteiger partial charge in [0.25, 0.3) is 0 Å². The first-order chi connectivity index (χ1) is 8.84. The first-order valence-electron chi connectivity index (χ1n) is 5.89. The molecule has 0 spiro atoms. The molecule has 0 aromatic carbocycles. The molecular formula is C10H17F3N2O4S. The average Bonchev–Trinajstić information content (AvgIpc) is 2.25. The highest BCUT2D eigenvalue weighted by molar-refractivity contribution is 7.90. The number of sulfonamides is 1. The Bertz CT molecular complexity index is 462. The second-order valence-electron chi connectivity index (χ2n) is 5.32. The van der Waals surface area contributed by atoms with Crippen LogP contribution in [0.2, 0.25) is 0 Å². The Morgan fingerprint density at radius 1 is 1.05 bits per heavy atom. The maximum atomic E-state index is 12.4. The number of ether oxygens (including phenoxy) is 1. The fraction of sp³-hybridized carbons (Fsp3) is 0.900. The van der Waals surface area contributed by atoms with Gasteiger partial charge in [-0.15, -0.1) is 0 Å². The fourth-order valence-electron chi connectivity index (χ4n) is 1.58. The Labute approximate surface area is 115 Å². The van der Waals surface area contributed by atoms with E-state index in [0.29, 0.717) is 4.31 Å². The molecule has 0 atom stereocenters. The molecule has 0 aromatic heterocycles. The van der Waals surface area contributed by atoms with E-state index in [0.717, 1.165) is 0 Å². The zero-order valence-corrected chi connectivity index (χ0v) is 12.2. The summed E-state index contributed by atoms with van der Waals surface area (Å²) < 4.78 is 64.8. The van der Waals surface area contributed by atoms with Crippen LogP contribution in [-0.2, 0) is 14.8 Å². The van der Waals surface area contributed by atoms with Gasteiger partial charge in [0.1, 0.15) is 5.60 Å². The second-order valence-corrected chi connectivity index (χ2v) is 7.25. The van der Waals surface area contributed by atoms with Gasteiger partial charge >= 0.3 is 21.6 Å². The van der Waals surface area contributed by atoms with E-state index in [2.05, 4.69) is 0 Å². The number of hydrogen-bond donors (Lipinski definition) is 0. The second kappa shape index (κ2) is 5.40. The molecule has 0 bridgehead atoms. The summed E-state index contributed by atoms with van der Waals surface area (Å²) in [5, 5.41) is 0. The maximum Gasteiger partial charge on any atom is 0.511 e. The average molecular weight is 318 g/mol. The third kappa shape index (κ3) is 3.98. The van der Waals surface area contributed by atoms with Gasteiger partial charge in [-0.3, -0.25) is 0 Å². The molecule has 0 unspecified atom stereocenters. The first kappa shape index (κ1) is 17.0. The quantitative estimate of drug-likeness (QED) is 0.733. The van der Waals surface area contributed by atoms with Crippen LogP contribution in [0.15, 0.2) is 0 Å². The molecule has 1 amide bonds. The van der Waals surface area contributed by atoms with Crippen molar-refractivity contribution in [1.29, 1.82) is 0 Å². The zero-order chi connectivity index (χ0) is 15.8. The van der Waals surface area contributed by atoms with Crippen LogP contribution < -0.4 is 0 Å².